The average Bonchev–Trinajstić information content (AvgIpc) is 3.03. The lowest BCUT2D eigenvalue weighted by molar-refractivity contribution is -0.889. The van der Waals surface area contributed by atoms with Crippen molar-refractivity contribution in [3.63, 3.8) is 0 Å². The van der Waals surface area contributed by atoms with Gasteiger partial charge in [0.1, 0.15) is 0 Å². The number of carbonyl (C=O) groups excluding carboxylic acids is 2. The molecule has 0 radical (unpaired) electrons. The largest absolute Gasteiger partial charge is 1.00 e. The zero-order valence-corrected chi connectivity index (χ0v) is 14.4. The molecular weight excluding hydrogens is 336 g/mol. The highest BCUT2D eigenvalue weighted by atomic mass is 79.9. The lowest BCUT2D eigenvalue weighted by Gasteiger charge is -2.31. The summed E-state index contributed by atoms with van der Waals surface area (Å²) >= 11 is 0. The third kappa shape index (κ3) is 2.69. The van der Waals surface area contributed by atoms with Gasteiger partial charge in [-0.2, -0.15) is 0 Å². The molecule has 3 heterocycles. The van der Waals surface area contributed by atoms with E-state index in [1.165, 1.54) is 4.90 Å². The van der Waals surface area contributed by atoms with Gasteiger partial charge in [-0.25, -0.2) is 0 Å². The Hall–Kier alpha value is -0.720. The van der Waals surface area contributed by atoms with E-state index in [9.17, 15) is 9.59 Å². The molecule has 6 heteroatoms. The molecule has 0 aliphatic carbocycles. The molecule has 0 N–H and O–H groups in total. The molecule has 0 unspecified atom stereocenters. The van der Waals surface area contributed by atoms with Crippen molar-refractivity contribution >= 4 is 11.8 Å². The molecule has 0 aromatic heterocycles. The quantitative estimate of drug-likeness (QED) is 0.308. The van der Waals surface area contributed by atoms with Crippen LogP contribution < -0.4 is 17.0 Å². The number of halogens is 1. The number of nitrogens with zero attached hydrogens (tertiary/aromatic N) is 2. The van der Waals surface area contributed by atoms with Gasteiger partial charge in [-0.15, -0.1) is 0 Å². The molecule has 2 fully saturated rings. The Morgan fingerprint density at radius 3 is 2.10 bits per heavy atom. The highest BCUT2D eigenvalue weighted by Gasteiger charge is 2.60. The van der Waals surface area contributed by atoms with Crippen LogP contribution in [-0.2, 0) is 14.3 Å². The Labute approximate surface area is 136 Å². The minimum atomic E-state index is -0.265. The van der Waals surface area contributed by atoms with Crippen molar-refractivity contribution in [1.29, 1.82) is 0 Å². The van der Waals surface area contributed by atoms with E-state index in [1.807, 2.05) is 12.2 Å². The zero-order valence-electron chi connectivity index (χ0n) is 12.8. The Bertz CT molecular complexity index is 448. The van der Waals surface area contributed by atoms with Gasteiger partial charge in [0, 0.05) is 0 Å². The third-order valence-electron chi connectivity index (χ3n) is 4.76. The Morgan fingerprint density at radius 1 is 1.10 bits per heavy atom. The molecule has 2 amide bonds. The molecule has 0 aromatic rings. The maximum absolute atomic E-state index is 12.4. The van der Waals surface area contributed by atoms with Crippen LogP contribution in [0.2, 0.25) is 0 Å². The summed E-state index contributed by atoms with van der Waals surface area (Å²) in [6.45, 7) is 4.54. The number of amides is 2. The average molecular weight is 359 g/mol. The fraction of sp³-hybridized carbons (Fsp3) is 0.733. The van der Waals surface area contributed by atoms with Crippen molar-refractivity contribution in [3.05, 3.63) is 12.2 Å². The molecule has 0 aromatic carbocycles. The number of imide groups is 1. The Morgan fingerprint density at radius 2 is 1.62 bits per heavy atom. The van der Waals surface area contributed by atoms with Gasteiger partial charge in [0.15, 0.2) is 0 Å². The van der Waals surface area contributed by atoms with Gasteiger partial charge in [0.05, 0.1) is 57.8 Å². The van der Waals surface area contributed by atoms with Crippen molar-refractivity contribution in [1.82, 2.24) is 4.90 Å². The molecule has 3 rings (SSSR count). The van der Waals surface area contributed by atoms with Crippen LogP contribution in [0.1, 0.15) is 13.3 Å². The second-order valence-electron chi connectivity index (χ2n) is 6.71. The van der Waals surface area contributed by atoms with Gasteiger partial charge in [-0.3, -0.25) is 14.5 Å². The first-order valence-electron chi connectivity index (χ1n) is 7.45. The van der Waals surface area contributed by atoms with Gasteiger partial charge in [0.2, 0.25) is 11.8 Å². The highest BCUT2D eigenvalue weighted by molar-refractivity contribution is 6.06. The first-order valence-corrected chi connectivity index (χ1v) is 7.45. The molecule has 4 atom stereocenters. The molecule has 3 aliphatic rings. The Balaban J connectivity index is 0.00000161. The summed E-state index contributed by atoms with van der Waals surface area (Å²) < 4.78 is 6.47. The van der Waals surface area contributed by atoms with E-state index in [2.05, 4.69) is 21.0 Å². The summed E-state index contributed by atoms with van der Waals surface area (Å²) in [6, 6.07) is 0. The van der Waals surface area contributed by atoms with Crippen LogP contribution in [0, 0.1) is 11.8 Å². The van der Waals surface area contributed by atoms with Gasteiger partial charge < -0.3 is 26.2 Å². The van der Waals surface area contributed by atoms with E-state index in [-0.39, 0.29) is 52.8 Å². The van der Waals surface area contributed by atoms with Crippen molar-refractivity contribution in [3.8, 4) is 0 Å². The molecular formula is C15H23BrN2O3. The van der Waals surface area contributed by atoms with Crippen molar-refractivity contribution < 1.29 is 35.8 Å². The predicted octanol–water partition coefficient (Wildman–Crippen LogP) is -2.58. The van der Waals surface area contributed by atoms with E-state index in [0.29, 0.717) is 6.54 Å². The summed E-state index contributed by atoms with van der Waals surface area (Å²) in [4.78, 5) is 26.4. The maximum Gasteiger partial charge on any atom is 0.236 e. The monoisotopic (exact) mass is 358 g/mol. The van der Waals surface area contributed by atoms with Gasteiger partial charge >= 0.3 is 0 Å². The van der Waals surface area contributed by atoms with E-state index in [1.54, 1.807) is 0 Å². The van der Waals surface area contributed by atoms with Crippen molar-refractivity contribution in [2.75, 3.05) is 33.7 Å². The number of carbonyl (C=O) groups is 2. The number of hydrogen-bond donors (Lipinski definition) is 0. The first kappa shape index (κ1) is 16.6. The van der Waals surface area contributed by atoms with Gasteiger partial charge in [-0.1, -0.05) is 19.1 Å². The normalized spacial score (nSPS) is 33.6. The molecule has 0 saturated carbocycles. The Kier molecular flexibility index (Phi) is 4.61. The molecule has 2 bridgehead atoms. The van der Waals surface area contributed by atoms with Crippen LogP contribution in [0.3, 0.4) is 0 Å². The van der Waals surface area contributed by atoms with Crippen molar-refractivity contribution in [2.24, 2.45) is 11.8 Å². The summed E-state index contributed by atoms with van der Waals surface area (Å²) in [7, 11) is 4.29. The lowest BCUT2D eigenvalue weighted by Crippen LogP contribution is -3.00. The number of likely N-dealkylation sites (N-methyl/N-ethyl adjacent to an activating group) is 1. The third-order valence-corrected chi connectivity index (χ3v) is 4.76. The summed E-state index contributed by atoms with van der Waals surface area (Å²) in [5.41, 5.74) is 0. The SMILES string of the molecule is CCC[N+](C)(C)CCN1C(=O)[C@@H]2[C@H](C1=O)[C@H]1C=C[C@@H]2O1.[Br-]. The number of fused-ring (bicyclic) bond motifs is 5. The molecule has 3 aliphatic heterocycles. The topological polar surface area (TPSA) is 46.6 Å². The van der Waals surface area contributed by atoms with E-state index >= 15 is 0 Å². The number of hydrogen-bond acceptors (Lipinski definition) is 3. The molecule has 118 valence electrons. The molecule has 5 nitrogen and oxygen atoms in total. The molecule has 21 heavy (non-hydrogen) atoms. The lowest BCUT2D eigenvalue weighted by atomic mass is 9.85. The molecule has 2 saturated heterocycles. The van der Waals surface area contributed by atoms with E-state index in [4.69, 9.17) is 4.74 Å². The van der Waals surface area contributed by atoms with E-state index in [0.717, 1.165) is 24.0 Å². The fourth-order valence-corrected chi connectivity index (χ4v) is 3.67. The van der Waals surface area contributed by atoms with Crippen LogP contribution in [0.5, 0.6) is 0 Å². The smallest absolute Gasteiger partial charge is 0.236 e. The van der Waals surface area contributed by atoms with Crippen LogP contribution in [0.4, 0.5) is 0 Å². The van der Waals surface area contributed by atoms with Crippen LogP contribution in [-0.4, -0.2) is 67.1 Å². The minimum absolute atomic E-state index is 0. The predicted molar refractivity (Wildman–Crippen MR) is 73.6 cm³/mol. The number of rotatable bonds is 5. The summed E-state index contributed by atoms with van der Waals surface area (Å²) in [5.74, 6) is -0.597. The zero-order chi connectivity index (χ0) is 14.5. The van der Waals surface area contributed by atoms with Crippen LogP contribution >= 0.6 is 0 Å². The van der Waals surface area contributed by atoms with Crippen LogP contribution in [0.25, 0.3) is 0 Å². The van der Waals surface area contributed by atoms with Crippen LogP contribution in [0.15, 0.2) is 12.2 Å². The highest BCUT2D eigenvalue weighted by Crippen LogP contribution is 2.44. The number of ether oxygens (including phenoxy) is 1. The summed E-state index contributed by atoms with van der Waals surface area (Å²) in [6.07, 6.45) is 4.60. The van der Waals surface area contributed by atoms with Crippen molar-refractivity contribution in [2.45, 2.75) is 25.6 Å². The van der Waals surface area contributed by atoms with Gasteiger partial charge in [-0.05, 0) is 6.42 Å². The summed E-state index contributed by atoms with van der Waals surface area (Å²) in [5, 5.41) is 0. The van der Waals surface area contributed by atoms with E-state index < -0.39 is 0 Å². The molecule has 0 spiro atoms. The fourth-order valence-electron chi connectivity index (χ4n) is 3.67. The second-order valence-corrected chi connectivity index (χ2v) is 6.71. The number of quaternary nitrogens is 1. The standard InChI is InChI=1S/C15H23N2O3.BrH/c1-4-8-17(2,3)9-7-16-14(18)12-10-5-6-11(20-10)13(12)15(16)19;/h5-6,10-13H,4,7-9H2,1-3H3;1H/q+1;/p-1/t10-,11+,12-,13+;. The number of likely N-dealkylation sites (tertiary alicyclic amines) is 1. The van der Waals surface area contributed by atoms with Gasteiger partial charge in [0.25, 0.3) is 0 Å². The second kappa shape index (κ2) is 5.82. The maximum atomic E-state index is 12.4. The minimum Gasteiger partial charge on any atom is -1.00 e. The first-order chi connectivity index (χ1) is 9.44.